The van der Waals surface area contributed by atoms with Crippen molar-refractivity contribution in [2.75, 3.05) is 5.32 Å². The van der Waals surface area contributed by atoms with E-state index in [9.17, 15) is 0 Å². The summed E-state index contributed by atoms with van der Waals surface area (Å²) in [6, 6.07) is 14.2. The molecule has 0 aliphatic heterocycles. The average Bonchev–Trinajstić information content (AvgIpc) is 2.93. The Morgan fingerprint density at radius 2 is 1.90 bits per heavy atom. The molecule has 0 saturated carbocycles. The first-order chi connectivity index (χ1) is 10.1. The first-order valence-corrected chi connectivity index (χ1v) is 7.00. The smallest absolute Gasteiger partial charge is 0.200 e. The molecule has 0 fully saturated rings. The summed E-state index contributed by atoms with van der Waals surface area (Å²) in [7, 11) is 0. The Labute approximate surface area is 123 Å². The van der Waals surface area contributed by atoms with Crippen LogP contribution in [0.3, 0.4) is 0 Å². The van der Waals surface area contributed by atoms with Gasteiger partial charge in [-0.15, -0.1) is 14.8 Å². The van der Waals surface area contributed by atoms with Crippen LogP contribution in [0.2, 0.25) is 0 Å². The zero-order valence-corrected chi connectivity index (χ0v) is 12.2. The SMILES string of the molecule is CC(C)(CCc1ccccc1)Nc1ccc2nnnn2n1. The fourth-order valence-electron chi connectivity index (χ4n) is 2.23. The molecule has 21 heavy (non-hydrogen) atoms. The van der Waals surface area contributed by atoms with Crippen molar-refractivity contribution < 1.29 is 0 Å². The Hall–Kier alpha value is -2.50. The van der Waals surface area contributed by atoms with Gasteiger partial charge in [0.15, 0.2) is 5.65 Å². The first-order valence-electron chi connectivity index (χ1n) is 7.00. The van der Waals surface area contributed by atoms with Gasteiger partial charge in [0.2, 0.25) is 0 Å². The molecule has 0 amide bonds. The van der Waals surface area contributed by atoms with Gasteiger partial charge in [0.05, 0.1) is 0 Å². The lowest BCUT2D eigenvalue weighted by Crippen LogP contribution is -2.32. The third-order valence-corrected chi connectivity index (χ3v) is 3.42. The molecule has 6 heteroatoms. The number of rotatable bonds is 5. The normalized spacial score (nSPS) is 11.7. The Balaban J connectivity index is 1.67. The van der Waals surface area contributed by atoms with E-state index in [1.54, 1.807) is 0 Å². The van der Waals surface area contributed by atoms with Crippen molar-refractivity contribution in [3.63, 3.8) is 0 Å². The number of aromatic nitrogens is 5. The van der Waals surface area contributed by atoms with Crippen LogP contribution in [0.1, 0.15) is 25.8 Å². The van der Waals surface area contributed by atoms with Crippen LogP contribution >= 0.6 is 0 Å². The summed E-state index contributed by atoms with van der Waals surface area (Å²) in [5.74, 6) is 0.771. The van der Waals surface area contributed by atoms with E-state index < -0.39 is 0 Å². The van der Waals surface area contributed by atoms with E-state index in [-0.39, 0.29) is 5.54 Å². The van der Waals surface area contributed by atoms with Crippen LogP contribution in [-0.4, -0.2) is 30.8 Å². The van der Waals surface area contributed by atoms with Crippen LogP contribution in [0.4, 0.5) is 5.82 Å². The molecule has 0 aliphatic rings. The number of fused-ring (bicyclic) bond motifs is 1. The van der Waals surface area contributed by atoms with Gasteiger partial charge in [0.25, 0.3) is 0 Å². The minimum absolute atomic E-state index is 0.0650. The molecule has 0 unspecified atom stereocenters. The molecule has 0 spiro atoms. The molecule has 0 aliphatic carbocycles. The summed E-state index contributed by atoms with van der Waals surface area (Å²) in [5, 5.41) is 19.0. The lowest BCUT2D eigenvalue weighted by Gasteiger charge is -2.26. The maximum atomic E-state index is 4.34. The molecule has 3 aromatic rings. The van der Waals surface area contributed by atoms with Gasteiger partial charge >= 0.3 is 0 Å². The van der Waals surface area contributed by atoms with Crippen LogP contribution in [0, 0.1) is 0 Å². The van der Waals surface area contributed by atoms with Crippen LogP contribution in [0.15, 0.2) is 42.5 Å². The van der Waals surface area contributed by atoms with Crippen molar-refractivity contribution in [2.45, 2.75) is 32.2 Å². The Morgan fingerprint density at radius 1 is 1.10 bits per heavy atom. The van der Waals surface area contributed by atoms with Gasteiger partial charge in [-0.1, -0.05) is 30.3 Å². The minimum Gasteiger partial charge on any atom is -0.364 e. The third kappa shape index (κ3) is 3.34. The van der Waals surface area contributed by atoms with Gasteiger partial charge in [-0.2, -0.15) is 0 Å². The molecule has 0 atom stereocenters. The summed E-state index contributed by atoms with van der Waals surface area (Å²) in [6.07, 6.45) is 2.03. The Morgan fingerprint density at radius 3 is 2.71 bits per heavy atom. The lowest BCUT2D eigenvalue weighted by molar-refractivity contribution is 0.514. The Kier molecular flexibility index (Phi) is 3.51. The largest absolute Gasteiger partial charge is 0.364 e. The van der Waals surface area contributed by atoms with E-state index in [0.29, 0.717) is 5.65 Å². The van der Waals surface area contributed by atoms with Gasteiger partial charge in [0.1, 0.15) is 5.82 Å². The maximum absolute atomic E-state index is 4.34. The van der Waals surface area contributed by atoms with E-state index in [1.165, 1.54) is 10.2 Å². The fourth-order valence-corrected chi connectivity index (χ4v) is 2.23. The number of hydrogen-bond acceptors (Lipinski definition) is 5. The lowest BCUT2D eigenvalue weighted by atomic mass is 9.95. The van der Waals surface area contributed by atoms with E-state index >= 15 is 0 Å². The summed E-state index contributed by atoms with van der Waals surface area (Å²) < 4.78 is 1.43. The van der Waals surface area contributed by atoms with E-state index in [2.05, 4.69) is 64.1 Å². The zero-order chi connectivity index (χ0) is 14.7. The topological polar surface area (TPSA) is 68.0 Å². The van der Waals surface area contributed by atoms with Gasteiger partial charge in [-0.05, 0) is 54.8 Å². The number of aryl methyl sites for hydroxylation is 1. The number of anilines is 1. The summed E-state index contributed by atoms with van der Waals surface area (Å²) in [5.41, 5.74) is 1.92. The van der Waals surface area contributed by atoms with Crippen LogP contribution in [-0.2, 0) is 6.42 Å². The molecule has 1 aromatic carbocycles. The van der Waals surface area contributed by atoms with Gasteiger partial charge < -0.3 is 5.32 Å². The van der Waals surface area contributed by atoms with Crippen molar-refractivity contribution in [1.82, 2.24) is 25.3 Å². The second-order valence-corrected chi connectivity index (χ2v) is 5.74. The number of hydrogen-bond donors (Lipinski definition) is 1. The van der Waals surface area contributed by atoms with E-state index in [0.717, 1.165) is 18.7 Å². The predicted molar refractivity (Wildman–Crippen MR) is 81.0 cm³/mol. The van der Waals surface area contributed by atoms with Crippen molar-refractivity contribution in [1.29, 1.82) is 0 Å². The summed E-state index contributed by atoms with van der Waals surface area (Å²) >= 11 is 0. The first kappa shape index (κ1) is 13.5. The van der Waals surface area contributed by atoms with E-state index in [1.807, 2.05) is 18.2 Å². The fraction of sp³-hybridized carbons (Fsp3) is 0.333. The van der Waals surface area contributed by atoms with Crippen molar-refractivity contribution in [3.8, 4) is 0 Å². The molecule has 6 nitrogen and oxygen atoms in total. The highest BCUT2D eigenvalue weighted by molar-refractivity contribution is 5.43. The number of nitrogens with one attached hydrogen (secondary N) is 1. The molecule has 0 bridgehead atoms. The monoisotopic (exact) mass is 282 g/mol. The number of benzene rings is 1. The minimum atomic E-state index is -0.0650. The number of tetrazole rings is 1. The maximum Gasteiger partial charge on any atom is 0.200 e. The highest BCUT2D eigenvalue weighted by atomic mass is 15.6. The van der Waals surface area contributed by atoms with Crippen LogP contribution in [0.25, 0.3) is 5.65 Å². The van der Waals surface area contributed by atoms with Crippen LogP contribution < -0.4 is 5.32 Å². The molecule has 0 radical (unpaired) electrons. The van der Waals surface area contributed by atoms with Gasteiger partial charge in [0, 0.05) is 5.54 Å². The highest BCUT2D eigenvalue weighted by Gasteiger charge is 2.18. The van der Waals surface area contributed by atoms with Gasteiger partial charge in [-0.25, -0.2) is 0 Å². The third-order valence-electron chi connectivity index (χ3n) is 3.42. The zero-order valence-electron chi connectivity index (χ0n) is 12.2. The molecule has 108 valence electrons. The summed E-state index contributed by atoms with van der Waals surface area (Å²) in [4.78, 5) is 0. The molecule has 0 saturated heterocycles. The van der Waals surface area contributed by atoms with Gasteiger partial charge in [-0.3, -0.25) is 0 Å². The molecule has 1 N–H and O–H groups in total. The average molecular weight is 282 g/mol. The summed E-state index contributed by atoms with van der Waals surface area (Å²) in [6.45, 7) is 4.34. The van der Waals surface area contributed by atoms with Crippen LogP contribution in [0.5, 0.6) is 0 Å². The van der Waals surface area contributed by atoms with Crippen molar-refractivity contribution in [2.24, 2.45) is 0 Å². The Bertz CT molecular complexity index is 719. The quantitative estimate of drug-likeness (QED) is 0.778. The predicted octanol–water partition coefficient (Wildman–Crippen LogP) is 2.34. The molecule has 3 rings (SSSR count). The highest BCUT2D eigenvalue weighted by Crippen LogP contribution is 2.19. The van der Waals surface area contributed by atoms with Crippen molar-refractivity contribution >= 4 is 11.5 Å². The molecule has 2 heterocycles. The standard InChI is InChI=1S/C15H18N6/c1-15(2,11-10-12-6-4-3-5-7-12)16-13-8-9-14-17-19-20-21(14)18-13/h3-9H,10-11H2,1-2H3,(H,16,18). The number of nitrogens with zero attached hydrogens (tertiary/aromatic N) is 5. The molecule has 2 aromatic heterocycles. The van der Waals surface area contributed by atoms with E-state index in [4.69, 9.17) is 0 Å². The van der Waals surface area contributed by atoms with Crippen molar-refractivity contribution in [3.05, 3.63) is 48.0 Å². The molecular weight excluding hydrogens is 264 g/mol. The second-order valence-electron chi connectivity index (χ2n) is 5.74. The second kappa shape index (κ2) is 5.47. The molecular formula is C15H18N6.